The van der Waals surface area contributed by atoms with Crippen molar-refractivity contribution < 1.29 is 9.53 Å². The maximum absolute atomic E-state index is 11.2. The number of para-hydroxylation sites is 1. The summed E-state index contributed by atoms with van der Waals surface area (Å²) >= 11 is 0. The van der Waals surface area contributed by atoms with E-state index in [9.17, 15) is 4.79 Å². The molecule has 0 atom stereocenters. The molecule has 0 bridgehead atoms. The van der Waals surface area contributed by atoms with Gasteiger partial charge in [-0.3, -0.25) is 4.79 Å². The highest BCUT2D eigenvalue weighted by atomic mass is 16.5. The van der Waals surface area contributed by atoms with E-state index in [0.29, 0.717) is 5.82 Å². The van der Waals surface area contributed by atoms with Gasteiger partial charge in [0.05, 0.1) is 5.39 Å². The van der Waals surface area contributed by atoms with Crippen molar-refractivity contribution in [3.8, 4) is 22.6 Å². The van der Waals surface area contributed by atoms with Crippen molar-refractivity contribution in [3.05, 3.63) is 78.8 Å². The molecular formula is C26H25N5O2. The first-order valence-electron chi connectivity index (χ1n) is 11.0. The molecule has 1 aliphatic rings. The van der Waals surface area contributed by atoms with Gasteiger partial charge in [0, 0.05) is 23.9 Å². The predicted octanol–water partition coefficient (Wildman–Crippen LogP) is 5.00. The Bertz CT molecular complexity index is 1320. The van der Waals surface area contributed by atoms with Crippen molar-refractivity contribution in [1.29, 1.82) is 0 Å². The lowest BCUT2D eigenvalue weighted by Gasteiger charge is -2.25. The lowest BCUT2D eigenvalue weighted by Crippen LogP contribution is -2.15. The normalized spacial score (nSPS) is 16.0. The lowest BCUT2D eigenvalue weighted by atomic mass is 9.90. The molecule has 7 heteroatoms. The lowest BCUT2D eigenvalue weighted by molar-refractivity contribution is -0.113. The van der Waals surface area contributed by atoms with E-state index in [1.54, 1.807) is 6.08 Å². The van der Waals surface area contributed by atoms with E-state index in [4.69, 9.17) is 16.2 Å². The van der Waals surface area contributed by atoms with Crippen LogP contribution in [0.3, 0.4) is 0 Å². The van der Waals surface area contributed by atoms with Gasteiger partial charge < -0.3 is 20.8 Å². The van der Waals surface area contributed by atoms with Crippen LogP contribution in [-0.4, -0.2) is 20.4 Å². The standard InChI is InChI=1S/C26H25N5O2/c27-23(32)14-17-6-10-19(11-7-17)31-15-22(24-25(28)29-16-30-26(24)31)18-8-12-21(13-9-18)33-20-4-2-1-3-5-20/h1-5,8-9,12-16,19H,6-7,10-11H2,(H2,27,32)(H2,28,29,30). The number of allylic oxidation sites excluding steroid dienone is 1. The van der Waals surface area contributed by atoms with E-state index < -0.39 is 0 Å². The van der Waals surface area contributed by atoms with Gasteiger partial charge in [-0.05, 0) is 55.5 Å². The molecule has 2 aromatic carbocycles. The third-order valence-electron chi connectivity index (χ3n) is 6.12. The van der Waals surface area contributed by atoms with Crippen LogP contribution in [0, 0.1) is 0 Å². The molecule has 4 N–H and O–H groups in total. The van der Waals surface area contributed by atoms with Gasteiger partial charge in [0.2, 0.25) is 5.91 Å². The molecule has 0 radical (unpaired) electrons. The van der Waals surface area contributed by atoms with Gasteiger partial charge in [0.15, 0.2) is 0 Å². The first-order valence-corrected chi connectivity index (χ1v) is 11.0. The molecule has 0 unspecified atom stereocenters. The fourth-order valence-corrected chi connectivity index (χ4v) is 4.53. The van der Waals surface area contributed by atoms with E-state index in [2.05, 4.69) is 20.7 Å². The summed E-state index contributed by atoms with van der Waals surface area (Å²) in [5.74, 6) is 1.64. The van der Waals surface area contributed by atoms with Crippen LogP contribution in [0.4, 0.5) is 5.82 Å². The Kier molecular flexibility index (Phi) is 5.52. The van der Waals surface area contributed by atoms with Gasteiger partial charge in [-0.25, -0.2) is 9.97 Å². The fraction of sp³-hybridized carbons (Fsp3) is 0.192. The highest BCUT2D eigenvalue weighted by Crippen LogP contribution is 2.39. The maximum atomic E-state index is 11.2. The van der Waals surface area contributed by atoms with E-state index in [1.807, 2.05) is 54.6 Å². The second-order valence-corrected chi connectivity index (χ2v) is 8.28. The van der Waals surface area contributed by atoms with Crippen LogP contribution < -0.4 is 16.2 Å². The second-order valence-electron chi connectivity index (χ2n) is 8.28. The molecule has 5 rings (SSSR count). The Labute approximate surface area is 191 Å². The summed E-state index contributed by atoms with van der Waals surface area (Å²) in [4.78, 5) is 20.0. The maximum Gasteiger partial charge on any atom is 0.241 e. The minimum atomic E-state index is -0.377. The number of anilines is 1. The van der Waals surface area contributed by atoms with Crippen molar-refractivity contribution in [3.63, 3.8) is 0 Å². The van der Waals surface area contributed by atoms with Crippen LogP contribution in [0.2, 0.25) is 0 Å². The Morgan fingerprint density at radius 1 is 1.00 bits per heavy atom. The van der Waals surface area contributed by atoms with Crippen molar-refractivity contribution >= 4 is 22.8 Å². The molecule has 166 valence electrons. The number of carbonyl (C=O) groups excluding carboxylic acids is 1. The van der Waals surface area contributed by atoms with E-state index in [0.717, 1.165) is 64.9 Å². The molecule has 7 nitrogen and oxygen atoms in total. The van der Waals surface area contributed by atoms with Gasteiger partial charge >= 0.3 is 0 Å². The first-order chi connectivity index (χ1) is 16.1. The van der Waals surface area contributed by atoms with Gasteiger partial charge in [-0.1, -0.05) is 35.9 Å². The van der Waals surface area contributed by atoms with Crippen molar-refractivity contribution in [2.45, 2.75) is 31.7 Å². The number of nitrogens with two attached hydrogens (primary N) is 2. The molecule has 2 heterocycles. The molecule has 1 fully saturated rings. The smallest absolute Gasteiger partial charge is 0.241 e. The number of nitrogens with zero attached hydrogens (tertiary/aromatic N) is 3. The van der Waals surface area contributed by atoms with E-state index >= 15 is 0 Å². The molecule has 4 aromatic rings. The SMILES string of the molecule is NC(=O)C=C1CCC(n2cc(-c3ccc(Oc4ccccc4)cc3)c3c(N)ncnc32)CC1. The molecule has 33 heavy (non-hydrogen) atoms. The number of hydrogen-bond donors (Lipinski definition) is 2. The van der Waals surface area contributed by atoms with Gasteiger partial charge in [0.25, 0.3) is 0 Å². The number of ether oxygens (including phenoxy) is 1. The number of rotatable bonds is 5. The van der Waals surface area contributed by atoms with Gasteiger partial charge in [-0.2, -0.15) is 0 Å². The molecule has 1 aliphatic carbocycles. The van der Waals surface area contributed by atoms with Crippen molar-refractivity contribution in [2.24, 2.45) is 5.73 Å². The topological polar surface area (TPSA) is 109 Å². The Balaban J connectivity index is 1.46. The zero-order valence-electron chi connectivity index (χ0n) is 18.1. The summed E-state index contributed by atoms with van der Waals surface area (Å²) in [5, 5.41) is 0.854. The van der Waals surface area contributed by atoms with Gasteiger partial charge in [-0.15, -0.1) is 0 Å². The highest BCUT2D eigenvalue weighted by Gasteiger charge is 2.23. The molecule has 0 saturated heterocycles. The number of carbonyl (C=O) groups is 1. The quantitative estimate of drug-likeness (QED) is 0.425. The third kappa shape index (κ3) is 4.30. The molecule has 2 aromatic heterocycles. The average molecular weight is 440 g/mol. The summed E-state index contributed by atoms with van der Waals surface area (Å²) in [5.41, 5.74) is 15.6. The van der Waals surface area contributed by atoms with E-state index in [1.165, 1.54) is 6.33 Å². The van der Waals surface area contributed by atoms with E-state index in [-0.39, 0.29) is 11.9 Å². The summed E-state index contributed by atoms with van der Waals surface area (Å²) in [6.45, 7) is 0. The van der Waals surface area contributed by atoms with Crippen LogP contribution in [-0.2, 0) is 4.79 Å². The Hall–Kier alpha value is -4.13. The minimum Gasteiger partial charge on any atom is -0.457 e. The van der Waals surface area contributed by atoms with Crippen LogP contribution in [0.5, 0.6) is 11.5 Å². The zero-order chi connectivity index (χ0) is 22.8. The number of aromatic nitrogens is 3. The van der Waals surface area contributed by atoms with Crippen LogP contribution in [0.1, 0.15) is 31.7 Å². The number of nitrogen functional groups attached to an aromatic ring is 1. The largest absolute Gasteiger partial charge is 0.457 e. The number of fused-ring (bicyclic) bond motifs is 1. The number of amides is 1. The molecule has 0 spiro atoms. The number of benzene rings is 2. The van der Waals surface area contributed by atoms with Crippen molar-refractivity contribution in [2.75, 3.05) is 5.73 Å². The molecule has 0 aliphatic heterocycles. The summed E-state index contributed by atoms with van der Waals surface area (Å²) in [7, 11) is 0. The summed E-state index contributed by atoms with van der Waals surface area (Å²) in [6, 6.07) is 17.9. The number of hydrogen-bond acceptors (Lipinski definition) is 5. The summed E-state index contributed by atoms with van der Waals surface area (Å²) < 4.78 is 8.13. The minimum absolute atomic E-state index is 0.265. The van der Waals surface area contributed by atoms with Crippen LogP contribution in [0.25, 0.3) is 22.2 Å². The molecule has 1 saturated carbocycles. The number of primary amides is 1. The molecule has 1 amide bonds. The fourth-order valence-electron chi connectivity index (χ4n) is 4.53. The first kappa shape index (κ1) is 20.8. The average Bonchev–Trinajstić information content (AvgIpc) is 3.21. The zero-order valence-corrected chi connectivity index (χ0v) is 18.1. The van der Waals surface area contributed by atoms with Crippen LogP contribution >= 0.6 is 0 Å². The third-order valence-corrected chi connectivity index (χ3v) is 6.12. The highest BCUT2D eigenvalue weighted by molar-refractivity contribution is 6.00. The van der Waals surface area contributed by atoms with Crippen LogP contribution in [0.15, 0.2) is 78.8 Å². The monoisotopic (exact) mass is 439 g/mol. The summed E-state index contributed by atoms with van der Waals surface area (Å²) in [6.07, 6.45) is 8.70. The predicted molar refractivity (Wildman–Crippen MR) is 129 cm³/mol. The van der Waals surface area contributed by atoms with Crippen molar-refractivity contribution in [1.82, 2.24) is 14.5 Å². The molecular weight excluding hydrogens is 414 g/mol. The Morgan fingerprint density at radius 3 is 2.39 bits per heavy atom. The van der Waals surface area contributed by atoms with Gasteiger partial charge in [0.1, 0.15) is 29.3 Å². The second kappa shape index (κ2) is 8.78. The Morgan fingerprint density at radius 2 is 1.70 bits per heavy atom.